The topological polar surface area (TPSA) is 82.8 Å². The highest BCUT2D eigenvalue weighted by atomic mass is 79.9. The monoisotopic (exact) mass is 485 g/mol. The molecule has 0 saturated carbocycles. The van der Waals surface area contributed by atoms with Crippen molar-refractivity contribution in [2.75, 3.05) is 13.2 Å². The number of carbonyl (C=O) groups is 1. The van der Waals surface area contributed by atoms with Crippen LogP contribution in [0.15, 0.2) is 56.8 Å². The summed E-state index contributed by atoms with van der Waals surface area (Å²) in [6.07, 6.45) is 2.35. The van der Waals surface area contributed by atoms with E-state index in [4.69, 9.17) is 14.5 Å². The number of rotatable bonds is 8. The van der Waals surface area contributed by atoms with Crippen LogP contribution in [-0.4, -0.2) is 35.1 Å². The number of nitrogens with zero attached hydrogens (tertiary/aromatic N) is 3. The van der Waals surface area contributed by atoms with Gasteiger partial charge in [-0.15, -0.1) is 0 Å². The zero-order valence-electron chi connectivity index (χ0n) is 17.7. The highest BCUT2D eigenvalue weighted by Crippen LogP contribution is 2.21. The Labute approximate surface area is 188 Å². The molecule has 0 aliphatic heterocycles. The van der Waals surface area contributed by atoms with Crippen LogP contribution < -0.4 is 10.3 Å². The highest BCUT2D eigenvalue weighted by molar-refractivity contribution is 9.10. The molecule has 31 heavy (non-hydrogen) atoms. The van der Waals surface area contributed by atoms with Gasteiger partial charge in [-0.2, -0.15) is 9.78 Å². The zero-order chi connectivity index (χ0) is 22.4. The molecule has 1 atom stereocenters. The van der Waals surface area contributed by atoms with Gasteiger partial charge >= 0.3 is 5.97 Å². The molecule has 0 amide bonds. The quantitative estimate of drug-likeness (QED) is 0.346. The van der Waals surface area contributed by atoms with Gasteiger partial charge in [0.15, 0.2) is 6.61 Å². The number of para-hydroxylation sites is 1. The molecule has 0 aliphatic rings. The Balaban J connectivity index is 2.02. The molecule has 2 aromatic carbocycles. The number of hydrogen-bond acceptors (Lipinski definition) is 6. The third-order valence-corrected chi connectivity index (χ3v) is 5.26. The molecule has 0 fully saturated rings. The molecule has 162 valence electrons. The maximum atomic E-state index is 13.2. The van der Waals surface area contributed by atoms with Gasteiger partial charge in [0, 0.05) is 16.0 Å². The Morgan fingerprint density at radius 3 is 2.77 bits per heavy atom. The first-order chi connectivity index (χ1) is 14.9. The summed E-state index contributed by atoms with van der Waals surface area (Å²) in [5.41, 5.74) is 1.01. The van der Waals surface area contributed by atoms with Gasteiger partial charge in [0.2, 0.25) is 0 Å². The Bertz CT molecular complexity index is 1170. The van der Waals surface area contributed by atoms with Crippen molar-refractivity contribution in [3.63, 3.8) is 0 Å². The predicted molar refractivity (Wildman–Crippen MR) is 124 cm³/mol. The van der Waals surface area contributed by atoms with Crippen molar-refractivity contribution in [1.82, 2.24) is 9.66 Å². The summed E-state index contributed by atoms with van der Waals surface area (Å²) in [5.74, 6) is 0.638. The van der Waals surface area contributed by atoms with Crippen molar-refractivity contribution in [3.8, 4) is 5.75 Å². The maximum Gasteiger partial charge on any atom is 0.344 e. The molecule has 0 spiro atoms. The van der Waals surface area contributed by atoms with Gasteiger partial charge in [0.1, 0.15) is 11.6 Å². The van der Waals surface area contributed by atoms with Crippen molar-refractivity contribution in [1.29, 1.82) is 0 Å². The van der Waals surface area contributed by atoms with Crippen LogP contribution in [0.4, 0.5) is 0 Å². The Morgan fingerprint density at radius 1 is 1.26 bits per heavy atom. The SMILES string of the molecule is CCOC(=O)COc1ccccc1C=Nn1c([C@H](C)CC)nc2ccc(Br)cc2c1=O. The van der Waals surface area contributed by atoms with Crippen LogP contribution in [0.25, 0.3) is 10.9 Å². The first-order valence-electron chi connectivity index (χ1n) is 10.1. The van der Waals surface area contributed by atoms with Crippen LogP contribution in [0.5, 0.6) is 5.75 Å². The lowest BCUT2D eigenvalue weighted by molar-refractivity contribution is -0.145. The number of halogens is 1. The van der Waals surface area contributed by atoms with Gasteiger partial charge in [-0.3, -0.25) is 4.79 Å². The normalized spacial score (nSPS) is 12.3. The van der Waals surface area contributed by atoms with Gasteiger partial charge in [-0.05, 0) is 43.7 Å². The lowest BCUT2D eigenvalue weighted by Crippen LogP contribution is -2.23. The smallest absolute Gasteiger partial charge is 0.344 e. The number of ether oxygens (including phenoxy) is 2. The number of benzene rings is 2. The fraction of sp³-hybridized carbons (Fsp3) is 0.304. The lowest BCUT2D eigenvalue weighted by atomic mass is 10.1. The van der Waals surface area contributed by atoms with E-state index in [0.29, 0.717) is 28.0 Å². The molecular formula is C23H24BrN3O4. The van der Waals surface area contributed by atoms with Crippen LogP contribution in [0.1, 0.15) is 44.5 Å². The second kappa shape index (κ2) is 10.3. The van der Waals surface area contributed by atoms with E-state index in [9.17, 15) is 9.59 Å². The second-order valence-electron chi connectivity index (χ2n) is 6.93. The number of carbonyl (C=O) groups excluding carboxylic acids is 1. The summed E-state index contributed by atoms with van der Waals surface area (Å²) in [4.78, 5) is 29.5. The molecule has 7 nitrogen and oxygen atoms in total. The standard InChI is InChI=1S/C23H24BrN3O4/c1-4-15(3)22-26-19-11-10-17(24)12-18(19)23(29)27(22)25-13-16-8-6-7-9-20(16)31-14-21(28)30-5-2/h6-13,15H,4-5,14H2,1-3H3/t15-/m1/s1. The van der Waals surface area contributed by atoms with Gasteiger partial charge in [0.05, 0.1) is 23.7 Å². The van der Waals surface area contributed by atoms with Crippen molar-refractivity contribution < 1.29 is 14.3 Å². The minimum atomic E-state index is -0.450. The van der Waals surface area contributed by atoms with Gasteiger partial charge in [0.25, 0.3) is 5.56 Å². The largest absolute Gasteiger partial charge is 0.481 e. The van der Waals surface area contributed by atoms with Crippen molar-refractivity contribution in [3.05, 3.63) is 68.7 Å². The van der Waals surface area contributed by atoms with Crippen LogP contribution in [-0.2, 0) is 9.53 Å². The average molecular weight is 486 g/mol. The molecule has 0 N–H and O–H groups in total. The summed E-state index contributed by atoms with van der Waals surface area (Å²) in [6, 6.07) is 12.6. The molecule has 1 aromatic heterocycles. The van der Waals surface area contributed by atoms with Crippen LogP contribution in [0.3, 0.4) is 0 Å². The summed E-state index contributed by atoms with van der Waals surface area (Å²) in [7, 11) is 0. The number of esters is 1. The highest BCUT2D eigenvalue weighted by Gasteiger charge is 2.16. The number of aromatic nitrogens is 2. The van der Waals surface area contributed by atoms with E-state index in [1.807, 2.05) is 32.0 Å². The Hall–Kier alpha value is -3.00. The Morgan fingerprint density at radius 2 is 2.03 bits per heavy atom. The van der Waals surface area contributed by atoms with E-state index in [1.54, 1.807) is 37.4 Å². The van der Waals surface area contributed by atoms with Crippen molar-refractivity contribution in [2.45, 2.75) is 33.1 Å². The Kier molecular flexibility index (Phi) is 7.57. The van der Waals surface area contributed by atoms with E-state index in [0.717, 1.165) is 10.9 Å². The molecule has 0 radical (unpaired) electrons. The number of hydrogen-bond donors (Lipinski definition) is 0. The van der Waals surface area contributed by atoms with E-state index in [2.05, 4.69) is 21.0 Å². The third kappa shape index (κ3) is 5.38. The molecule has 0 aliphatic carbocycles. The second-order valence-corrected chi connectivity index (χ2v) is 7.85. The summed E-state index contributed by atoms with van der Waals surface area (Å²) < 4.78 is 12.6. The van der Waals surface area contributed by atoms with E-state index < -0.39 is 5.97 Å². The van der Waals surface area contributed by atoms with E-state index in [1.165, 1.54) is 4.68 Å². The zero-order valence-corrected chi connectivity index (χ0v) is 19.3. The average Bonchev–Trinajstić information content (AvgIpc) is 2.77. The maximum absolute atomic E-state index is 13.2. The van der Waals surface area contributed by atoms with Crippen LogP contribution in [0.2, 0.25) is 0 Å². The molecule has 0 unspecified atom stereocenters. The van der Waals surface area contributed by atoms with Crippen LogP contribution in [0, 0.1) is 0 Å². The van der Waals surface area contributed by atoms with Gasteiger partial charge in [-0.25, -0.2) is 9.78 Å². The molecule has 0 bridgehead atoms. The van der Waals surface area contributed by atoms with Crippen LogP contribution >= 0.6 is 15.9 Å². The fourth-order valence-corrected chi connectivity index (χ4v) is 3.32. The summed E-state index contributed by atoms with van der Waals surface area (Å²) in [5, 5.41) is 4.93. The summed E-state index contributed by atoms with van der Waals surface area (Å²) in [6.45, 7) is 5.87. The molecule has 3 rings (SSSR count). The molecule has 1 heterocycles. The first-order valence-corrected chi connectivity index (χ1v) is 10.9. The summed E-state index contributed by atoms with van der Waals surface area (Å²) >= 11 is 3.41. The first kappa shape index (κ1) is 22.7. The van der Waals surface area contributed by atoms with Gasteiger partial charge < -0.3 is 9.47 Å². The number of fused-ring (bicyclic) bond motifs is 1. The minimum absolute atomic E-state index is 0.0354. The van der Waals surface area contributed by atoms with E-state index >= 15 is 0 Å². The van der Waals surface area contributed by atoms with Crippen molar-refractivity contribution >= 4 is 39.0 Å². The van der Waals surface area contributed by atoms with E-state index in [-0.39, 0.29) is 24.7 Å². The third-order valence-electron chi connectivity index (χ3n) is 4.77. The minimum Gasteiger partial charge on any atom is -0.481 e. The lowest BCUT2D eigenvalue weighted by Gasteiger charge is -2.14. The molecule has 8 heteroatoms. The molecule has 3 aromatic rings. The molecular weight excluding hydrogens is 462 g/mol. The van der Waals surface area contributed by atoms with Gasteiger partial charge in [-0.1, -0.05) is 41.9 Å². The van der Waals surface area contributed by atoms with Crippen molar-refractivity contribution in [2.24, 2.45) is 5.10 Å². The molecule has 0 saturated heterocycles. The fourth-order valence-electron chi connectivity index (χ4n) is 2.96. The predicted octanol–water partition coefficient (Wildman–Crippen LogP) is 4.50.